The van der Waals surface area contributed by atoms with Crippen molar-refractivity contribution in [3.05, 3.63) is 58.1 Å². The van der Waals surface area contributed by atoms with Gasteiger partial charge in [0.1, 0.15) is 11.5 Å². The van der Waals surface area contributed by atoms with Gasteiger partial charge in [0.05, 0.1) is 29.2 Å². The van der Waals surface area contributed by atoms with Crippen LogP contribution in [0, 0.1) is 5.82 Å². The number of halogens is 1. The second-order valence-electron chi connectivity index (χ2n) is 5.96. The average Bonchev–Trinajstić information content (AvgIpc) is 2.97. The Bertz CT molecular complexity index is 1200. The number of amides is 1. The zero-order valence-electron chi connectivity index (χ0n) is 14.8. The Morgan fingerprint density at radius 2 is 1.89 bits per heavy atom. The van der Waals surface area contributed by atoms with Gasteiger partial charge < -0.3 is 5.32 Å². The molecule has 0 bridgehead atoms. The lowest BCUT2D eigenvalue weighted by Gasteiger charge is -2.15. The van der Waals surface area contributed by atoms with E-state index in [1.54, 1.807) is 0 Å². The van der Waals surface area contributed by atoms with Gasteiger partial charge in [-0.05, 0) is 24.3 Å². The third kappa shape index (κ3) is 3.31. The Kier molecular flexibility index (Phi) is 4.52. The van der Waals surface area contributed by atoms with Gasteiger partial charge >= 0.3 is 0 Å². The van der Waals surface area contributed by atoms with Crippen LogP contribution in [-0.2, 0) is 10.0 Å². The zero-order chi connectivity index (χ0) is 19.9. The first-order valence-corrected chi connectivity index (χ1v) is 9.68. The van der Waals surface area contributed by atoms with Gasteiger partial charge in [0.15, 0.2) is 0 Å². The molecule has 0 aliphatic rings. The molecule has 0 aliphatic heterocycles. The number of hydrogen-bond acceptors (Lipinski definition) is 4. The molecule has 27 heavy (non-hydrogen) atoms. The minimum absolute atomic E-state index is 0.0784. The highest BCUT2D eigenvalue weighted by Gasteiger charge is 2.22. The Labute approximate surface area is 154 Å². The number of fused-ring (bicyclic) bond motifs is 1. The van der Waals surface area contributed by atoms with Crippen molar-refractivity contribution in [2.24, 2.45) is 0 Å². The molecule has 0 unspecified atom stereocenters. The van der Waals surface area contributed by atoms with E-state index >= 15 is 0 Å². The molecule has 0 saturated heterocycles. The van der Waals surface area contributed by atoms with Gasteiger partial charge in [-0.3, -0.25) is 23.5 Å². The van der Waals surface area contributed by atoms with Crippen LogP contribution in [0.15, 0.2) is 41.3 Å². The normalized spacial score (nSPS) is 11.6. The molecule has 2 N–H and O–H groups in total. The Morgan fingerprint density at radius 1 is 1.26 bits per heavy atom. The number of rotatable bonds is 4. The Morgan fingerprint density at radius 3 is 2.44 bits per heavy atom. The fourth-order valence-corrected chi connectivity index (χ4v) is 3.20. The first kappa shape index (κ1) is 18.6. The van der Waals surface area contributed by atoms with E-state index in [4.69, 9.17) is 0 Å². The highest BCUT2D eigenvalue weighted by Crippen LogP contribution is 2.27. The van der Waals surface area contributed by atoms with Crippen LogP contribution in [0.4, 0.5) is 10.1 Å². The molecule has 1 aromatic carbocycles. The summed E-state index contributed by atoms with van der Waals surface area (Å²) < 4.78 is 39.0. The molecule has 3 aromatic rings. The molecular formula is C17H17FN4O4S. The third-order valence-corrected chi connectivity index (χ3v) is 5.38. The maximum absolute atomic E-state index is 13.2. The van der Waals surface area contributed by atoms with Crippen LogP contribution in [0.5, 0.6) is 0 Å². The molecule has 10 heteroatoms. The number of carbonyl (C=O) groups is 1. The minimum Gasteiger partial charge on any atom is -0.355 e. The predicted molar refractivity (Wildman–Crippen MR) is 100 cm³/mol. The molecule has 0 spiro atoms. The maximum atomic E-state index is 13.2. The number of pyridine rings is 1. The molecule has 0 aliphatic carbocycles. The van der Waals surface area contributed by atoms with Crippen molar-refractivity contribution in [1.82, 2.24) is 14.9 Å². The summed E-state index contributed by atoms with van der Waals surface area (Å²) in [4.78, 5) is 24.9. The Hall–Kier alpha value is -3.14. The van der Waals surface area contributed by atoms with Crippen LogP contribution >= 0.6 is 0 Å². The van der Waals surface area contributed by atoms with Gasteiger partial charge in [-0.2, -0.15) is 0 Å². The lowest BCUT2D eigenvalue weighted by atomic mass is 10.1. The van der Waals surface area contributed by atoms with E-state index in [1.807, 2.05) is 0 Å². The number of aromatic amines is 1. The molecule has 0 radical (unpaired) electrons. The van der Waals surface area contributed by atoms with E-state index < -0.39 is 27.2 Å². The Balaban J connectivity index is 2.32. The number of carbonyl (C=O) groups excluding carboxylic acids is 1. The van der Waals surface area contributed by atoms with E-state index in [0.29, 0.717) is 11.3 Å². The van der Waals surface area contributed by atoms with Crippen molar-refractivity contribution >= 4 is 27.1 Å². The van der Waals surface area contributed by atoms with E-state index in [9.17, 15) is 22.4 Å². The smallest absolute Gasteiger partial charge is 0.255 e. The minimum atomic E-state index is -3.64. The molecule has 2 heterocycles. The highest BCUT2D eigenvalue weighted by atomic mass is 32.2. The number of nitrogens with zero attached hydrogens (tertiary/aromatic N) is 2. The molecule has 0 fully saturated rings. The largest absolute Gasteiger partial charge is 0.355 e. The van der Waals surface area contributed by atoms with Gasteiger partial charge in [-0.25, -0.2) is 12.8 Å². The average molecular weight is 392 g/mol. The number of benzene rings is 1. The predicted octanol–water partition coefficient (Wildman–Crippen LogP) is 1.19. The molecule has 0 saturated carbocycles. The van der Waals surface area contributed by atoms with E-state index in [0.717, 1.165) is 10.6 Å². The van der Waals surface area contributed by atoms with Gasteiger partial charge in [0.2, 0.25) is 15.5 Å². The van der Waals surface area contributed by atoms with Crippen molar-refractivity contribution in [2.45, 2.75) is 0 Å². The van der Waals surface area contributed by atoms with Gasteiger partial charge in [-0.15, -0.1) is 0 Å². The standard InChI is InChI=1S/C17H17FN4O4S/c1-19-17(24)15-12-8-14(23)13(21(2)27(3,25)26)9-22(12)20-16(15)10-4-6-11(18)7-5-10/h4-9,20H,1-3H3,(H,19,24). The molecule has 1 amide bonds. The summed E-state index contributed by atoms with van der Waals surface area (Å²) in [5.74, 6) is -0.875. The van der Waals surface area contributed by atoms with Gasteiger partial charge in [-0.1, -0.05) is 0 Å². The van der Waals surface area contributed by atoms with Crippen LogP contribution < -0.4 is 15.1 Å². The van der Waals surface area contributed by atoms with Gasteiger partial charge in [0.25, 0.3) is 5.91 Å². The lowest BCUT2D eigenvalue weighted by Crippen LogP contribution is -2.29. The quantitative estimate of drug-likeness (QED) is 0.696. The van der Waals surface area contributed by atoms with Crippen molar-refractivity contribution in [3.63, 3.8) is 0 Å². The molecule has 8 nitrogen and oxygen atoms in total. The number of anilines is 1. The van der Waals surface area contributed by atoms with Gasteiger partial charge in [0, 0.05) is 25.7 Å². The van der Waals surface area contributed by atoms with Crippen LogP contribution in [0.25, 0.3) is 16.8 Å². The second-order valence-corrected chi connectivity index (χ2v) is 7.97. The number of nitrogens with one attached hydrogen (secondary N) is 2. The van der Waals surface area contributed by atoms with E-state index in [2.05, 4.69) is 10.4 Å². The molecule has 3 rings (SSSR count). The molecule has 0 atom stereocenters. The summed E-state index contributed by atoms with van der Waals surface area (Å²) in [6.07, 6.45) is 2.29. The first-order valence-electron chi connectivity index (χ1n) is 7.84. The van der Waals surface area contributed by atoms with Crippen LogP contribution in [0.2, 0.25) is 0 Å². The summed E-state index contributed by atoms with van der Waals surface area (Å²) in [6, 6.07) is 6.68. The summed E-state index contributed by atoms with van der Waals surface area (Å²) in [6.45, 7) is 0. The first-order chi connectivity index (χ1) is 12.6. The van der Waals surface area contributed by atoms with E-state index in [1.165, 1.54) is 55.1 Å². The van der Waals surface area contributed by atoms with Crippen molar-refractivity contribution in [3.8, 4) is 11.3 Å². The topological polar surface area (TPSA) is 104 Å². The zero-order valence-corrected chi connectivity index (χ0v) is 15.6. The number of aromatic nitrogens is 2. The van der Waals surface area contributed by atoms with Crippen molar-refractivity contribution in [1.29, 1.82) is 0 Å². The third-order valence-electron chi connectivity index (χ3n) is 4.19. The summed E-state index contributed by atoms with van der Waals surface area (Å²) in [7, 11) is -0.929. The lowest BCUT2D eigenvalue weighted by molar-refractivity contribution is 0.0965. The van der Waals surface area contributed by atoms with Crippen molar-refractivity contribution < 1.29 is 17.6 Å². The summed E-state index contributed by atoms with van der Waals surface area (Å²) >= 11 is 0. The van der Waals surface area contributed by atoms with Crippen LogP contribution in [0.1, 0.15) is 10.4 Å². The molecular weight excluding hydrogens is 375 g/mol. The molecule has 2 aromatic heterocycles. The second kappa shape index (κ2) is 6.54. The van der Waals surface area contributed by atoms with Crippen LogP contribution in [-0.4, -0.2) is 44.3 Å². The van der Waals surface area contributed by atoms with Crippen molar-refractivity contribution in [2.75, 3.05) is 24.7 Å². The number of sulfonamides is 1. The fraction of sp³-hybridized carbons (Fsp3) is 0.176. The van der Waals surface area contributed by atoms with Crippen LogP contribution in [0.3, 0.4) is 0 Å². The SMILES string of the molecule is CNC(=O)c1c(-c2ccc(F)cc2)[nH]n2cc(N(C)S(C)(=O)=O)c(=O)cc12. The summed E-state index contributed by atoms with van der Waals surface area (Å²) in [5.41, 5.74) is 0.722. The van der Waals surface area contributed by atoms with E-state index in [-0.39, 0.29) is 16.8 Å². The fourth-order valence-electron chi connectivity index (χ4n) is 2.71. The summed E-state index contributed by atoms with van der Waals surface area (Å²) in [5, 5.41) is 5.47. The number of H-pyrrole nitrogens is 1. The highest BCUT2D eigenvalue weighted by molar-refractivity contribution is 7.92. The molecule has 142 valence electrons. The monoisotopic (exact) mass is 392 g/mol. The number of hydrogen-bond donors (Lipinski definition) is 2. The maximum Gasteiger partial charge on any atom is 0.255 e.